The van der Waals surface area contributed by atoms with Crippen LogP contribution < -0.4 is 5.32 Å². The summed E-state index contributed by atoms with van der Waals surface area (Å²) in [7, 11) is 0. The quantitative estimate of drug-likeness (QED) is 0.888. The minimum absolute atomic E-state index is 0.572. The first kappa shape index (κ1) is 11.3. The summed E-state index contributed by atoms with van der Waals surface area (Å²) >= 11 is 4.73. The predicted octanol–water partition coefficient (Wildman–Crippen LogP) is 3.71. The number of halogens is 1. The van der Waals surface area contributed by atoms with Gasteiger partial charge >= 0.3 is 6.09 Å². The zero-order chi connectivity index (χ0) is 11.7. The van der Waals surface area contributed by atoms with Crippen molar-refractivity contribution in [3.05, 3.63) is 22.3 Å². The van der Waals surface area contributed by atoms with Crippen LogP contribution in [0.25, 0.3) is 10.2 Å². The molecule has 16 heavy (non-hydrogen) atoms. The lowest BCUT2D eigenvalue weighted by Crippen LogP contribution is -2.05. The van der Waals surface area contributed by atoms with E-state index < -0.39 is 6.09 Å². The van der Waals surface area contributed by atoms with Crippen LogP contribution in [0.2, 0.25) is 0 Å². The molecular weight excluding hydrogens is 292 g/mol. The third kappa shape index (κ3) is 2.03. The first-order chi connectivity index (χ1) is 7.61. The zero-order valence-corrected chi connectivity index (χ0v) is 10.9. The van der Waals surface area contributed by atoms with Gasteiger partial charge < -0.3 is 5.11 Å². The molecule has 0 spiro atoms. The second-order valence-electron chi connectivity index (χ2n) is 3.22. The van der Waals surface area contributed by atoms with Gasteiger partial charge in [0.05, 0.1) is 14.7 Å². The van der Waals surface area contributed by atoms with Gasteiger partial charge in [-0.05, 0) is 34.0 Å². The Morgan fingerprint density at radius 3 is 3.06 bits per heavy atom. The average molecular weight is 301 g/mol. The Morgan fingerprint density at radius 2 is 2.44 bits per heavy atom. The van der Waals surface area contributed by atoms with Gasteiger partial charge in [0.2, 0.25) is 0 Å². The van der Waals surface area contributed by atoms with E-state index in [9.17, 15) is 4.79 Å². The summed E-state index contributed by atoms with van der Waals surface area (Å²) in [6, 6.07) is 2.03. The number of fused-ring (bicyclic) bond motifs is 1. The van der Waals surface area contributed by atoms with Gasteiger partial charge in [-0.2, -0.15) is 0 Å². The lowest BCUT2D eigenvalue weighted by atomic mass is 10.2. The first-order valence-corrected chi connectivity index (χ1v) is 6.29. The molecule has 0 radical (unpaired) electrons. The van der Waals surface area contributed by atoms with Crippen LogP contribution >= 0.6 is 27.3 Å². The van der Waals surface area contributed by atoms with Gasteiger partial charge in [-0.3, -0.25) is 10.3 Å². The van der Waals surface area contributed by atoms with Gasteiger partial charge in [0, 0.05) is 6.20 Å². The monoisotopic (exact) mass is 300 g/mol. The number of pyridine rings is 1. The fourth-order valence-corrected chi connectivity index (χ4v) is 3.16. The SMILES string of the molecule is CCc1cnc2c(Br)c(NC(=O)O)sc2c1. The molecule has 84 valence electrons. The van der Waals surface area contributed by atoms with E-state index in [2.05, 4.69) is 33.2 Å². The summed E-state index contributed by atoms with van der Waals surface area (Å²) in [6.45, 7) is 2.06. The highest BCUT2D eigenvalue weighted by Crippen LogP contribution is 2.38. The van der Waals surface area contributed by atoms with Crippen molar-refractivity contribution in [2.45, 2.75) is 13.3 Å². The van der Waals surface area contributed by atoms with Crippen LogP contribution in [0.4, 0.5) is 9.80 Å². The number of aryl methyl sites for hydroxylation is 1. The average Bonchev–Trinajstić information content (AvgIpc) is 2.54. The van der Waals surface area contributed by atoms with Crippen LogP contribution in [0, 0.1) is 0 Å². The van der Waals surface area contributed by atoms with E-state index in [0.717, 1.165) is 22.2 Å². The smallest absolute Gasteiger partial charge is 0.409 e. The zero-order valence-electron chi connectivity index (χ0n) is 8.45. The number of hydrogen-bond acceptors (Lipinski definition) is 3. The van der Waals surface area contributed by atoms with Crippen LogP contribution in [0.3, 0.4) is 0 Å². The molecule has 0 aliphatic heterocycles. The van der Waals surface area contributed by atoms with Crippen molar-refractivity contribution in [1.82, 2.24) is 4.98 Å². The third-order valence-corrected chi connectivity index (χ3v) is 4.23. The number of hydrogen-bond donors (Lipinski definition) is 2. The standard InChI is InChI=1S/C10H9BrN2O2S/c1-2-5-3-6-8(12-4-5)7(11)9(16-6)13-10(14)15/h3-4,13H,2H2,1H3,(H,14,15). The molecule has 0 saturated carbocycles. The van der Waals surface area contributed by atoms with E-state index >= 15 is 0 Å². The highest BCUT2D eigenvalue weighted by molar-refractivity contribution is 9.10. The molecule has 2 N–H and O–H groups in total. The molecule has 0 aliphatic carbocycles. The highest BCUT2D eigenvalue weighted by Gasteiger charge is 2.13. The number of thiophene rings is 1. The third-order valence-electron chi connectivity index (χ3n) is 2.16. The number of nitrogens with one attached hydrogen (secondary N) is 1. The van der Waals surface area contributed by atoms with Crippen LogP contribution in [-0.4, -0.2) is 16.2 Å². The summed E-state index contributed by atoms with van der Waals surface area (Å²) in [6.07, 6.45) is 1.66. The number of nitrogens with zero attached hydrogens (tertiary/aromatic N) is 1. The molecule has 0 bridgehead atoms. The van der Waals surface area contributed by atoms with Crippen molar-refractivity contribution < 1.29 is 9.90 Å². The molecule has 2 aromatic heterocycles. The maximum atomic E-state index is 10.6. The fraction of sp³-hybridized carbons (Fsp3) is 0.200. The summed E-state index contributed by atoms with van der Waals surface area (Å²) < 4.78 is 1.69. The molecule has 4 nitrogen and oxygen atoms in total. The van der Waals surface area contributed by atoms with E-state index in [4.69, 9.17) is 5.11 Å². The second-order valence-corrected chi connectivity index (χ2v) is 5.06. The Labute approximate surface area is 104 Å². The van der Waals surface area contributed by atoms with Crippen molar-refractivity contribution in [2.75, 3.05) is 5.32 Å². The minimum atomic E-state index is -1.07. The Morgan fingerprint density at radius 1 is 1.69 bits per heavy atom. The largest absolute Gasteiger partial charge is 0.465 e. The Hall–Kier alpha value is -1.14. The second kappa shape index (κ2) is 4.39. The van der Waals surface area contributed by atoms with Gasteiger partial charge in [0.15, 0.2) is 0 Å². The number of rotatable bonds is 2. The maximum Gasteiger partial charge on any atom is 0.409 e. The van der Waals surface area contributed by atoms with E-state index in [-0.39, 0.29) is 0 Å². The summed E-state index contributed by atoms with van der Waals surface area (Å²) in [4.78, 5) is 14.9. The van der Waals surface area contributed by atoms with Crippen molar-refractivity contribution in [1.29, 1.82) is 0 Å². The van der Waals surface area contributed by atoms with Crippen LogP contribution in [0.5, 0.6) is 0 Å². The fourth-order valence-electron chi connectivity index (χ4n) is 1.36. The first-order valence-electron chi connectivity index (χ1n) is 4.68. The molecule has 2 aromatic rings. The number of carboxylic acid groups (broad SMARTS) is 1. The van der Waals surface area contributed by atoms with Crippen molar-refractivity contribution in [2.24, 2.45) is 0 Å². The molecule has 2 heterocycles. The molecule has 0 aliphatic rings. The van der Waals surface area contributed by atoms with Gasteiger partial charge in [-0.25, -0.2) is 4.79 Å². The van der Waals surface area contributed by atoms with Crippen molar-refractivity contribution in [3.63, 3.8) is 0 Å². The van der Waals surface area contributed by atoms with Gasteiger partial charge in [0.1, 0.15) is 5.00 Å². The van der Waals surface area contributed by atoms with Crippen molar-refractivity contribution >= 4 is 48.6 Å². The van der Waals surface area contributed by atoms with Crippen LogP contribution in [0.1, 0.15) is 12.5 Å². The number of amides is 1. The summed E-state index contributed by atoms with van der Waals surface area (Å²) in [5, 5.41) is 11.6. The van der Waals surface area contributed by atoms with Crippen LogP contribution in [0.15, 0.2) is 16.7 Å². The lowest BCUT2D eigenvalue weighted by molar-refractivity contribution is 0.210. The molecule has 2 rings (SSSR count). The molecule has 0 saturated heterocycles. The molecule has 6 heteroatoms. The van der Waals surface area contributed by atoms with Gasteiger partial charge in [-0.15, -0.1) is 11.3 Å². The van der Waals surface area contributed by atoms with Crippen LogP contribution in [-0.2, 0) is 6.42 Å². The number of carbonyl (C=O) groups is 1. The van der Waals surface area contributed by atoms with Gasteiger partial charge in [-0.1, -0.05) is 6.92 Å². The topological polar surface area (TPSA) is 62.2 Å². The Kier molecular flexibility index (Phi) is 3.11. The molecule has 0 aromatic carbocycles. The highest BCUT2D eigenvalue weighted by atomic mass is 79.9. The maximum absolute atomic E-state index is 10.6. The molecule has 0 atom stereocenters. The van der Waals surface area contributed by atoms with Crippen molar-refractivity contribution in [3.8, 4) is 0 Å². The number of aromatic nitrogens is 1. The molecule has 0 fully saturated rings. The lowest BCUT2D eigenvalue weighted by Gasteiger charge is -1.95. The van der Waals surface area contributed by atoms with E-state index in [1.54, 1.807) is 0 Å². The Bertz CT molecular complexity index is 553. The summed E-state index contributed by atoms with van der Waals surface area (Å²) in [5.74, 6) is 0. The number of anilines is 1. The molecule has 1 amide bonds. The molecular formula is C10H9BrN2O2S. The normalized spacial score (nSPS) is 10.6. The van der Waals surface area contributed by atoms with Gasteiger partial charge in [0.25, 0.3) is 0 Å². The Balaban J connectivity index is 2.54. The van der Waals surface area contributed by atoms with E-state index in [1.807, 2.05) is 12.3 Å². The minimum Gasteiger partial charge on any atom is -0.465 e. The molecule has 0 unspecified atom stereocenters. The predicted molar refractivity (Wildman–Crippen MR) is 68.3 cm³/mol. The van der Waals surface area contributed by atoms with E-state index in [0.29, 0.717) is 9.47 Å². The van der Waals surface area contributed by atoms with E-state index in [1.165, 1.54) is 11.3 Å². The summed E-state index contributed by atoms with van der Waals surface area (Å²) in [5.41, 5.74) is 1.94.